The molecule has 270 valence electrons. The molecule has 2 aliphatic heterocycles. The maximum absolute atomic E-state index is 15.6. The van der Waals surface area contributed by atoms with Gasteiger partial charge < -0.3 is 25.4 Å². The van der Waals surface area contributed by atoms with Crippen molar-refractivity contribution in [3.63, 3.8) is 0 Å². The fourth-order valence-corrected chi connectivity index (χ4v) is 9.14. The first kappa shape index (κ1) is 37.7. The SMILES string of the molecule is COC(=O)N[C@H](C(=O)Nc1cccc(F)c1CC[C@H]1CNCCN1S(=O)(=O)c1ccccc1)[C@@](C)(c1ccc(Cl)cc1)C1CCOC(C)(C)C1. The summed E-state index contributed by atoms with van der Waals surface area (Å²) in [5, 5.41) is 9.51. The molecule has 2 aliphatic rings. The van der Waals surface area contributed by atoms with E-state index in [4.69, 9.17) is 21.1 Å². The Morgan fingerprint density at radius 3 is 2.52 bits per heavy atom. The van der Waals surface area contributed by atoms with E-state index in [1.54, 1.807) is 48.5 Å². The van der Waals surface area contributed by atoms with Crippen LogP contribution in [0.5, 0.6) is 0 Å². The van der Waals surface area contributed by atoms with Crippen molar-refractivity contribution in [3.8, 4) is 0 Å². The molecule has 5 rings (SSSR count). The summed E-state index contributed by atoms with van der Waals surface area (Å²) in [4.78, 5) is 27.6. The van der Waals surface area contributed by atoms with Gasteiger partial charge in [0.05, 0.1) is 17.6 Å². The molecule has 2 saturated heterocycles. The van der Waals surface area contributed by atoms with Crippen molar-refractivity contribution >= 4 is 39.3 Å². The number of sulfonamides is 1. The van der Waals surface area contributed by atoms with Gasteiger partial charge in [-0.05, 0) is 87.4 Å². The number of hydrogen-bond donors (Lipinski definition) is 3. The van der Waals surface area contributed by atoms with Crippen molar-refractivity contribution in [1.29, 1.82) is 0 Å². The number of alkyl carbamates (subject to hydrolysis) is 1. The Balaban J connectivity index is 1.46. The molecule has 0 radical (unpaired) electrons. The lowest BCUT2D eigenvalue weighted by Gasteiger charge is -2.48. The van der Waals surface area contributed by atoms with E-state index in [9.17, 15) is 18.0 Å². The normalized spacial score (nSPS) is 21.4. The minimum atomic E-state index is -3.78. The molecular weight excluding hydrogens is 683 g/mol. The minimum Gasteiger partial charge on any atom is -0.453 e. The van der Waals surface area contributed by atoms with Crippen LogP contribution in [0.4, 0.5) is 14.9 Å². The number of halogens is 2. The first-order valence-corrected chi connectivity index (χ1v) is 18.7. The van der Waals surface area contributed by atoms with Gasteiger partial charge in [0.2, 0.25) is 15.9 Å². The molecule has 3 aromatic rings. The summed E-state index contributed by atoms with van der Waals surface area (Å²) < 4.78 is 55.3. The average Bonchev–Trinajstić information content (AvgIpc) is 3.10. The monoisotopic (exact) mass is 728 g/mol. The number of nitrogens with zero attached hydrogens (tertiary/aromatic N) is 1. The lowest BCUT2D eigenvalue weighted by molar-refractivity contribution is -0.123. The van der Waals surface area contributed by atoms with Crippen molar-refractivity contribution in [2.24, 2.45) is 5.92 Å². The molecule has 0 aromatic heterocycles. The second-order valence-corrected chi connectivity index (χ2v) is 16.1. The van der Waals surface area contributed by atoms with E-state index in [0.717, 1.165) is 5.56 Å². The molecule has 0 aliphatic carbocycles. The Bertz CT molecular complexity index is 1760. The summed E-state index contributed by atoms with van der Waals surface area (Å²) in [5.74, 6) is -1.21. The predicted molar refractivity (Wildman–Crippen MR) is 191 cm³/mol. The van der Waals surface area contributed by atoms with Crippen molar-refractivity contribution in [1.82, 2.24) is 14.9 Å². The molecule has 0 bridgehead atoms. The third-order valence-electron chi connectivity index (χ3n) is 10.1. The number of amides is 2. The molecule has 3 N–H and O–H groups in total. The minimum absolute atomic E-state index is 0.122. The Labute approximate surface area is 299 Å². The number of ether oxygens (including phenoxy) is 2. The van der Waals surface area contributed by atoms with Crippen LogP contribution in [-0.4, -0.2) is 75.8 Å². The van der Waals surface area contributed by atoms with E-state index < -0.39 is 50.9 Å². The predicted octanol–water partition coefficient (Wildman–Crippen LogP) is 5.90. The zero-order chi connectivity index (χ0) is 36.1. The molecular formula is C37H46ClFN4O6S. The first-order valence-electron chi connectivity index (χ1n) is 16.9. The van der Waals surface area contributed by atoms with E-state index in [0.29, 0.717) is 44.0 Å². The number of carbonyl (C=O) groups excluding carboxylic acids is 2. The highest BCUT2D eigenvalue weighted by Crippen LogP contribution is 2.45. The Kier molecular flexibility index (Phi) is 11.9. The third-order valence-corrected chi connectivity index (χ3v) is 12.3. The Hall–Kier alpha value is -3.55. The first-order chi connectivity index (χ1) is 23.8. The Morgan fingerprint density at radius 2 is 1.84 bits per heavy atom. The summed E-state index contributed by atoms with van der Waals surface area (Å²) in [7, 11) is -2.55. The maximum atomic E-state index is 15.6. The topological polar surface area (TPSA) is 126 Å². The van der Waals surface area contributed by atoms with Gasteiger partial charge in [-0.2, -0.15) is 4.31 Å². The summed E-state index contributed by atoms with van der Waals surface area (Å²) in [5.41, 5.74) is -0.198. The van der Waals surface area contributed by atoms with Gasteiger partial charge in [-0.15, -0.1) is 0 Å². The molecule has 2 amide bonds. The number of hydrogen-bond acceptors (Lipinski definition) is 7. The second-order valence-electron chi connectivity index (χ2n) is 13.7. The van der Waals surface area contributed by atoms with E-state index in [1.807, 2.05) is 32.9 Å². The van der Waals surface area contributed by atoms with E-state index >= 15 is 4.39 Å². The van der Waals surface area contributed by atoms with Gasteiger partial charge in [0.15, 0.2) is 0 Å². The second kappa shape index (κ2) is 15.8. The fourth-order valence-electron chi connectivity index (χ4n) is 7.33. The van der Waals surface area contributed by atoms with E-state index in [1.165, 1.54) is 23.5 Å². The highest BCUT2D eigenvalue weighted by Gasteiger charge is 2.50. The standard InChI is InChI=1S/C37H46ClFN4O6S/c1-36(2)23-26(19-22-49-36)37(3,25-13-15-27(38)16-14-25)33(42-35(45)48-4)34(44)41-32-12-8-11-31(39)30(32)18-17-28-24-40-20-21-43(28)50(46,47)29-9-6-5-7-10-29/h5-16,26,28,33,40H,17-24H2,1-4H3,(H,41,44)(H,42,45)/t26?,28-,33+,37-/m0/s1. The van der Waals surface area contributed by atoms with Gasteiger partial charge >= 0.3 is 6.09 Å². The van der Waals surface area contributed by atoms with Crippen LogP contribution >= 0.6 is 11.6 Å². The molecule has 0 spiro atoms. The van der Waals surface area contributed by atoms with E-state index in [-0.39, 0.29) is 35.0 Å². The zero-order valence-corrected chi connectivity index (χ0v) is 30.5. The van der Waals surface area contributed by atoms with Crippen LogP contribution in [-0.2, 0) is 36.1 Å². The average molecular weight is 729 g/mol. The number of methoxy groups -OCH3 is 1. The van der Waals surface area contributed by atoms with Crippen LogP contribution in [0.2, 0.25) is 5.02 Å². The lowest BCUT2D eigenvalue weighted by atomic mass is 9.62. The number of nitrogens with one attached hydrogen (secondary N) is 3. The summed E-state index contributed by atoms with van der Waals surface area (Å²) >= 11 is 6.27. The number of carbonyl (C=O) groups is 2. The summed E-state index contributed by atoms with van der Waals surface area (Å²) in [6.07, 6.45) is 0.875. The van der Waals surface area contributed by atoms with Crippen molar-refractivity contribution in [2.45, 2.75) is 74.4 Å². The summed E-state index contributed by atoms with van der Waals surface area (Å²) in [6.45, 7) is 7.56. The zero-order valence-electron chi connectivity index (χ0n) is 28.9. The fraction of sp³-hybridized carbons (Fsp3) is 0.459. The third kappa shape index (κ3) is 8.32. The molecule has 1 unspecified atom stereocenters. The molecule has 0 saturated carbocycles. The van der Waals surface area contributed by atoms with Crippen LogP contribution in [0.15, 0.2) is 77.7 Å². The van der Waals surface area contributed by atoms with E-state index in [2.05, 4.69) is 16.0 Å². The summed E-state index contributed by atoms with van der Waals surface area (Å²) in [6, 6.07) is 18.3. The number of anilines is 1. The molecule has 2 heterocycles. The van der Waals surface area contributed by atoms with Crippen molar-refractivity contribution in [2.75, 3.05) is 38.7 Å². The van der Waals surface area contributed by atoms with Crippen LogP contribution in [0, 0.1) is 11.7 Å². The van der Waals surface area contributed by atoms with Gasteiger partial charge in [-0.1, -0.05) is 54.9 Å². The van der Waals surface area contributed by atoms with Crippen LogP contribution in [0.25, 0.3) is 0 Å². The molecule has 4 atom stereocenters. The Morgan fingerprint density at radius 1 is 1.12 bits per heavy atom. The maximum Gasteiger partial charge on any atom is 0.407 e. The number of piperazine rings is 1. The lowest BCUT2D eigenvalue weighted by Crippen LogP contribution is -2.60. The number of rotatable bonds is 11. The molecule has 2 fully saturated rings. The molecule has 13 heteroatoms. The highest BCUT2D eigenvalue weighted by molar-refractivity contribution is 7.89. The quantitative estimate of drug-likeness (QED) is 0.225. The van der Waals surface area contributed by atoms with Gasteiger partial charge in [0.25, 0.3) is 0 Å². The smallest absolute Gasteiger partial charge is 0.407 e. The molecule has 10 nitrogen and oxygen atoms in total. The number of benzene rings is 3. The highest BCUT2D eigenvalue weighted by atomic mass is 35.5. The van der Waals surface area contributed by atoms with Gasteiger partial charge in [0.1, 0.15) is 11.9 Å². The van der Waals surface area contributed by atoms with Crippen LogP contribution < -0.4 is 16.0 Å². The van der Waals surface area contributed by atoms with Gasteiger partial charge in [-0.25, -0.2) is 17.6 Å². The van der Waals surface area contributed by atoms with Crippen LogP contribution in [0.3, 0.4) is 0 Å². The van der Waals surface area contributed by atoms with Gasteiger partial charge in [0, 0.05) is 54.0 Å². The van der Waals surface area contributed by atoms with Crippen molar-refractivity contribution < 1.29 is 31.9 Å². The molecule has 3 aromatic carbocycles. The van der Waals surface area contributed by atoms with Crippen molar-refractivity contribution in [3.05, 3.63) is 94.8 Å². The largest absolute Gasteiger partial charge is 0.453 e. The van der Waals surface area contributed by atoms with Gasteiger partial charge in [-0.3, -0.25) is 4.79 Å². The molecule has 50 heavy (non-hydrogen) atoms. The van der Waals surface area contributed by atoms with Crippen LogP contribution in [0.1, 0.15) is 51.2 Å².